The minimum Gasteiger partial charge on any atom is -0.343 e. The van der Waals surface area contributed by atoms with Gasteiger partial charge in [-0.2, -0.15) is 5.10 Å². The third-order valence-corrected chi connectivity index (χ3v) is 7.92. The maximum absolute atomic E-state index is 13.7. The average Bonchev–Trinajstić information content (AvgIpc) is 3.35. The lowest BCUT2D eigenvalue weighted by Gasteiger charge is -2.24. The molecule has 218 valence electrons. The number of hydrogen-bond acceptors (Lipinski definition) is 3. The van der Waals surface area contributed by atoms with E-state index in [2.05, 4.69) is 20.4 Å². The zero-order valence-electron chi connectivity index (χ0n) is 23.9. The largest absolute Gasteiger partial charge is 0.343 e. The van der Waals surface area contributed by atoms with Crippen LogP contribution in [0.4, 0.5) is 0 Å². The van der Waals surface area contributed by atoms with Crippen LogP contribution >= 0.6 is 23.2 Å². The number of hydrazone groups is 1. The van der Waals surface area contributed by atoms with Gasteiger partial charge in [0.05, 0.1) is 12.1 Å². The Kier molecular flexibility index (Phi) is 9.60. The standard InChI is InChI=1S/C35H32Cl2N4O2/c1-23(2)33(39-34(42)32(24-11-5-3-6-12-24)25-13-7-4-8-14-25)35(43)40-38-20-27-22-41(31-16-10-9-15-29(27)31)21-26-17-18-28(36)19-30(26)37/h3-20,22-23,32-33H,21H2,1-2H3,(H,39,42)(H,40,43)/b38-20-/t33-/m0/s1. The van der Waals surface area contributed by atoms with Crippen LogP contribution in [0.1, 0.15) is 42.0 Å². The summed E-state index contributed by atoms with van der Waals surface area (Å²) in [4.78, 5) is 27.0. The quantitative estimate of drug-likeness (QED) is 0.127. The van der Waals surface area contributed by atoms with Crippen LogP contribution in [0.2, 0.25) is 10.0 Å². The highest BCUT2D eigenvalue weighted by molar-refractivity contribution is 6.35. The topological polar surface area (TPSA) is 75.5 Å². The summed E-state index contributed by atoms with van der Waals surface area (Å²) < 4.78 is 2.08. The number of nitrogens with one attached hydrogen (secondary N) is 2. The summed E-state index contributed by atoms with van der Waals surface area (Å²) in [5.41, 5.74) is 7.11. The molecule has 0 bridgehead atoms. The Morgan fingerprint density at radius 1 is 0.837 bits per heavy atom. The van der Waals surface area contributed by atoms with Gasteiger partial charge in [0.2, 0.25) is 5.91 Å². The summed E-state index contributed by atoms with van der Waals surface area (Å²) in [6, 6.07) is 31.7. The molecule has 0 radical (unpaired) electrons. The number of hydrogen-bond donors (Lipinski definition) is 2. The van der Waals surface area contributed by atoms with Crippen LogP contribution in [-0.4, -0.2) is 28.6 Å². The number of carbonyl (C=O) groups excluding carboxylic acids is 2. The first-order valence-electron chi connectivity index (χ1n) is 14.1. The molecule has 6 nitrogen and oxygen atoms in total. The first-order chi connectivity index (χ1) is 20.8. The first kappa shape index (κ1) is 30.1. The Labute approximate surface area is 261 Å². The van der Waals surface area contributed by atoms with Crippen molar-refractivity contribution in [2.75, 3.05) is 0 Å². The van der Waals surface area contributed by atoms with Gasteiger partial charge in [-0.1, -0.05) is 122 Å². The van der Waals surface area contributed by atoms with E-state index in [1.165, 1.54) is 0 Å². The van der Waals surface area contributed by atoms with Gasteiger partial charge in [0.15, 0.2) is 0 Å². The fraction of sp³-hybridized carbons (Fsp3) is 0.171. The van der Waals surface area contributed by atoms with E-state index in [0.717, 1.165) is 33.2 Å². The third-order valence-electron chi connectivity index (χ3n) is 7.33. The average molecular weight is 612 g/mol. The number of aromatic nitrogens is 1. The predicted octanol–water partition coefficient (Wildman–Crippen LogP) is 7.42. The fourth-order valence-electron chi connectivity index (χ4n) is 5.14. The van der Waals surface area contributed by atoms with Crippen LogP contribution in [-0.2, 0) is 16.1 Å². The Hall–Kier alpha value is -4.39. The number of carbonyl (C=O) groups is 2. The van der Waals surface area contributed by atoms with E-state index < -0.39 is 17.9 Å². The normalized spacial score (nSPS) is 12.2. The summed E-state index contributed by atoms with van der Waals surface area (Å²) in [7, 11) is 0. The van der Waals surface area contributed by atoms with Crippen molar-refractivity contribution in [1.82, 2.24) is 15.3 Å². The summed E-state index contributed by atoms with van der Waals surface area (Å²) in [5.74, 6) is -1.37. The molecule has 8 heteroatoms. The SMILES string of the molecule is CC(C)[C@H](NC(=O)C(c1ccccc1)c1ccccc1)C(=O)N/N=C\c1cn(Cc2ccc(Cl)cc2Cl)c2ccccc12. The van der Waals surface area contributed by atoms with Crippen molar-refractivity contribution in [1.29, 1.82) is 0 Å². The molecule has 0 fully saturated rings. The summed E-state index contributed by atoms with van der Waals surface area (Å²) in [6.45, 7) is 4.33. The van der Waals surface area contributed by atoms with Crippen molar-refractivity contribution in [3.05, 3.63) is 142 Å². The molecular weight excluding hydrogens is 579 g/mol. The van der Waals surface area contributed by atoms with E-state index in [0.29, 0.717) is 16.6 Å². The Morgan fingerprint density at radius 3 is 2.09 bits per heavy atom. The molecule has 1 aromatic heterocycles. The Bertz CT molecular complexity index is 1710. The van der Waals surface area contributed by atoms with Crippen LogP contribution in [0.5, 0.6) is 0 Å². The monoisotopic (exact) mass is 610 g/mol. The lowest BCUT2D eigenvalue weighted by Crippen LogP contribution is -2.50. The number of benzene rings is 4. The Balaban J connectivity index is 1.33. The second-order valence-electron chi connectivity index (χ2n) is 10.7. The number of nitrogens with zero attached hydrogens (tertiary/aromatic N) is 2. The second kappa shape index (κ2) is 13.7. The predicted molar refractivity (Wildman–Crippen MR) is 175 cm³/mol. The molecule has 43 heavy (non-hydrogen) atoms. The van der Waals surface area contributed by atoms with Gasteiger partial charge >= 0.3 is 0 Å². The molecule has 0 saturated heterocycles. The molecule has 0 spiro atoms. The van der Waals surface area contributed by atoms with Crippen molar-refractivity contribution < 1.29 is 9.59 Å². The van der Waals surface area contributed by atoms with Gasteiger partial charge in [-0.05, 0) is 40.8 Å². The molecule has 2 N–H and O–H groups in total. The molecule has 1 atom stereocenters. The molecule has 5 rings (SSSR count). The van der Waals surface area contributed by atoms with Crippen LogP contribution < -0.4 is 10.7 Å². The number of halogens is 2. The number of amides is 2. The van der Waals surface area contributed by atoms with Gasteiger partial charge in [-0.3, -0.25) is 9.59 Å². The van der Waals surface area contributed by atoms with Crippen molar-refractivity contribution in [3.8, 4) is 0 Å². The molecule has 0 aliphatic carbocycles. The van der Waals surface area contributed by atoms with Crippen LogP contribution in [0.15, 0.2) is 114 Å². The highest BCUT2D eigenvalue weighted by atomic mass is 35.5. The number of rotatable bonds is 10. The fourth-order valence-corrected chi connectivity index (χ4v) is 5.60. The highest BCUT2D eigenvalue weighted by Gasteiger charge is 2.29. The number of fused-ring (bicyclic) bond motifs is 1. The zero-order chi connectivity index (χ0) is 30.3. The van der Waals surface area contributed by atoms with Gasteiger partial charge in [0.1, 0.15) is 6.04 Å². The van der Waals surface area contributed by atoms with Crippen molar-refractivity contribution in [2.45, 2.75) is 32.4 Å². The smallest absolute Gasteiger partial charge is 0.262 e. The van der Waals surface area contributed by atoms with Crippen molar-refractivity contribution >= 4 is 52.1 Å². The van der Waals surface area contributed by atoms with Gasteiger partial charge in [0.25, 0.3) is 5.91 Å². The maximum atomic E-state index is 13.7. The van der Waals surface area contributed by atoms with E-state index in [9.17, 15) is 9.59 Å². The second-order valence-corrected chi connectivity index (χ2v) is 11.5. The van der Waals surface area contributed by atoms with E-state index >= 15 is 0 Å². The third kappa shape index (κ3) is 7.16. The molecule has 0 unspecified atom stereocenters. The molecule has 0 aliphatic heterocycles. The summed E-state index contributed by atoms with van der Waals surface area (Å²) in [6.07, 6.45) is 3.59. The lowest BCUT2D eigenvalue weighted by atomic mass is 9.89. The van der Waals surface area contributed by atoms with Crippen molar-refractivity contribution in [3.63, 3.8) is 0 Å². The minimum absolute atomic E-state index is 0.169. The molecule has 0 aliphatic rings. The van der Waals surface area contributed by atoms with Gasteiger partial charge < -0.3 is 9.88 Å². The van der Waals surface area contributed by atoms with E-state index in [1.807, 2.05) is 117 Å². The Morgan fingerprint density at radius 2 is 1.47 bits per heavy atom. The highest BCUT2D eigenvalue weighted by Crippen LogP contribution is 2.27. The van der Waals surface area contributed by atoms with E-state index in [4.69, 9.17) is 23.2 Å². The molecular formula is C35H32Cl2N4O2. The molecule has 4 aromatic carbocycles. The molecule has 0 saturated carbocycles. The zero-order valence-corrected chi connectivity index (χ0v) is 25.4. The summed E-state index contributed by atoms with van der Waals surface area (Å²) >= 11 is 12.5. The maximum Gasteiger partial charge on any atom is 0.262 e. The van der Waals surface area contributed by atoms with Crippen LogP contribution in [0.25, 0.3) is 10.9 Å². The van der Waals surface area contributed by atoms with Gasteiger partial charge in [-0.15, -0.1) is 0 Å². The van der Waals surface area contributed by atoms with Crippen molar-refractivity contribution in [2.24, 2.45) is 11.0 Å². The van der Waals surface area contributed by atoms with Gasteiger partial charge in [0, 0.05) is 39.3 Å². The molecule has 5 aromatic rings. The number of para-hydroxylation sites is 1. The van der Waals surface area contributed by atoms with Crippen LogP contribution in [0, 0.1) is 5.92 Å². The molecule has 2 amide bonds. The van der Waals surface area contributed by atoms with Crippen LogP contribution in [0.3, 0.4) is 0 Å². The lowest BCUT2D eigenvalue weighted by molar-refractivity contribution is -0.130. The summed E-state index contributed by atoms with van der Waals surface area (Å²) in [5, 5.41) is 9.42. The first-order valence-corrected chi connectivity index (χ1v) is 14.8. The molecule has 1 heterocycles. The van der Waals surface area contributed by atoms with E-state index in [1.54, 1.807) is 12.3 Å². The minimum atomic E-state index is -0.784. The van der Waals surface area contributed by atoms with Gasteiger partial charge in [-0.25, -0.2) is 5.43 Å². The van der Waals surface area contributed by atoms with E-state index in [-0.39, 0.29) is 11.8 Å².